The zero-order valence-electron chi connectivity index (χ0n) is 21.7. The number of hydrogen-bond donors (Lipinski definition) is 1. The third kappa shape index (κ3) is 7.72. The van der Waals surface area contributed by atoms with Gasteiger partial charge in [-0.3, -0.25) is 9.69 Å². The number of nitrogens with zero attached hydrogens (tertiary/aromatic N) is 2. The van der Waals surface area contributed by atoms with Crippen LogP contribution in [0.15, 0.2) is 36.4 Å². The number of hydrogen-bond acceptors (Lipinski definition) is 6. The quantitative estimate of drug-likeness (QED) is 0.381. The van der Waals surface area contributed by atoms with Crippen LogP contribution in [0.1, 0.15) is 31.7 Å². The lowest BCUT2D eigenvalue weighted by molar-refractivity contribution is -0.123. The average molecular weight is 518 g/mol. The van der Waals surface area contributed by atoms with E-state index in [1.165, 1.54) is 25.3 Å². The summed E-state index contributed by atoms with van der Waals surface area (Å²) < 4.78 is 36.3. The summed E-state index contributed by atoms with van der Waals surface area (Å²) in [5.41, 5.74) is 6.39. The number of urea groups is 1. The van der Waals surface area contributed by atoms with Crippen LogP contribution in [0.5, 0.6) is 17.2 Å². The molecule has 37 heavy (non-hydrogen) atoms. The molecule has 0 aliphatic carbocycles. The van der Waals surface area contributed by atoms with Gasteiger partial charge in [-0.25, -0.2) is 9.18 Å². The first-order valence-corrected chi connectivity index (χ1v) is 12.4. The lowest BCUT2D eigenvalue weighted by Gasteiger charge is -2.40. The molecule has 202 valence electrons. The van der Waals surface area contributed by atoms with Crippen molar-refractivity contribution >= 4 is 17.6 Å². The van der Waals surface area contributed by atoms with E-state index in [9.17, 15) is 14.0 Å². The molecule has 1 unspecified atom stereocenters. The third-order valence-corrected chi connectivity index (χ3v) is 6.09. The highest BCUT2D eigenvalue weighted by Crippen LogP contribution is 2.34. The summed E-state index contributed by atoms with van der Waals surface area (Å²) in [6, 6.07) is 9.31. The van der Waals surface area contributed by atoms with Gasteiger partial charge < -0.3 is 29.6 Å². The molecule has 2 aromatic rings. The number of carbonyl (C=O) groups is 2. The molecule has 0 bridgehead atoms. The topological polar surface area (TPSA) is 104 Å². The van der Waals surface area contributed by atoms with Crippen LogP contribution in [-0.2, 0) is 16.1 Å². The number of anilines is 1. The molecule has 1 aliphatic heterocycles. The molecule has 2 N–H and O–H groups in total. The summed E-state index contributed by atoms with van der Waals surface area (Å²) >= 11 is 0. The van der Waals surface area contributed by atoms with Crippen LogP contribution >= 0.6 is 0 Å². The largest absolute Gasteiger partial charge is 0.496 e. The predicted octanol–water partition coefficient (Wildman–Crippen LogP) is 3.97. The Morgan fingerprint density at radius 3 is 2.51 bits per heavy atom. The van der Waals surface area contributed by atoms with Crippen LogP contribution in [0.25, 0.3) is 0 Å². The molecule has 3 amide bonds. The minimum Gasteiger partial charge on any atom is -0.496 e. The maximum absolute atomic E-state index is 14.0. The van der Waals surface area contributed by atoms with Gasteiger partial charge in [0, 0.05) is 36.3 Å². The Hall–Kier alpha value is -3.53. The average Bonchev–Trinajstić information content (AvgIpc) is 2.88. The molecule has 0 saturated carbocycles. The first kappa shape index (κ1) is 28.0. The van der Waals surface area contributed by atoms with Crippen LogP contribution in [-0.4, -0.2) is 64.0 Å². The number of amides is 3. The van der Waals surface area contributed by atoms with E-state index in [1.54, 1.807) is 35.1 Å². The van der Waals surface area contributed by atoms with Crippen molar-refractivity contribution in [1.29, 1.82) is 0 Å². The van der Waals surface area contributed by atoms with Crippen molar-refractivity contribution in [2.45, 2.75) is 32.7 Å². The van der Waals surface area contributed by atoms with Gasteiger partial charge in [-0.15, -0.1) is 0 Å². The molecule has 1 heterocycles. The highest BCUT2D eigenvalue weighted by Gasteiger charge is 2.34. The van der Waals surface area contributed by atoms with E-state index in [2.05, 4.69) is 6.92 Å². The highest BCUT2D eigenvalue weighted by molar-refractivity contribution is 5.93. The smallest absolute Gasteiger partial charge is 0.324 e. The van der Waals surface area contributed by atoms with Crippen molar-refractivity contribution in [3.8, 4) is 17.2 Å². The second-order valence-electron chi connectivity index (χ2n) is 8.97. The monoisotopic (exact) mass is 517 g/mol. The number of ether oxygens (including phenoxy) is 4. The maximum Gasteiger partial charge on any atom is 0.324 e. The number of unbranched alkanes of at least 4 members (excludes halogenated alkanes) is 2. The van der Waals surface area contributed by atoms with Crippen molar-refractivity contribution < 1.29 is 32.9 Å². The molecule has 1 aliphatic rings. The van der Waals surface area contributed by atoms with Crippen LogP contribution in [0.4, 0.5) is 14.9 Å². The molecule has 1 saturated heterocycles. The maximum atomic E-state index is 14.0. The fourth-order valence-corrected chi connectivity index (χ4v) is 4.29. The molecular weight excluding hydrogens is 481 g/mol. The predicted molar refractivity (Wildman–Crippen MR) is 138 cm³/mol. The molecule has 3 rings (SSSR count). The van der Waals surface area contributed by atoms with E-state index in [1.807, 2.05) is 0 Å². The standard InChI is InChI=1S/C27H36FN3O6/c1-4-5-6-11-37-25-13-22(8-10-24(25)35-3)31-15-19(17-36-18-26(29)32)14-30(27(31)33)16-20-12-21(28)7-9-23(20)34-2/h7-10,12-13,19H,4-6,11,14-18H2,1-3H3,(H2,29,32). The summed E-state index contributed by atoms with van der Waals surface area (Å²) in [6.07, 6.45) is 3.04. The molecule has 2 aromatic carbocycles. The summed E-state index contributed by atoms with van der Waals surface area (Å²) in [5.74, 6) is 0.498. The Morgan fingerprint density at radius 1 is 1.05 bits per heavy atom. The minimum atomic E-state index is -0.565. The SMILES string of the molecule is CCCCCOc1cc(N2CC(COCC(N)=O)CN(Cc3cc(F)ccc3OC)C2=O)ccc1OC. The molecule has 0 spiro atoms. The van der Waals surface area contributed by atoms with Crippen LogP contribution < -0.4 is 24.8 Å². The van der Waals surface area contributed by atoms with E-state index >= 15 is 0 Å². The number of carbonyl (C=O) groups excluding carboxylic acids is 2. The van der Waals surface area contributed by atoms with Gasteiger partial charge in [0.2, 0.25) is 5.91 Å². The third-order valence-electron chi connectivity index (χ3n) is 6.09. The van der Waals surface area contributed by atoms with Gasteiger partial charge >= 0.3 is 6.03 Å². The summed E-state index contributed by atoms with van der Waals surface area (Å²) in [7, 11) is 3.07. The van der Waals surface area contributed by atoms with E-state index < -0.39 is 11.7 Å². The van der Waals surface area contributed by atoms with Crippen molar-refractivity contribution in [2.24, 2.45) is 11.7 Å². The van der Waals surface area contributed by atoms with Crippen molar-refractivity contribution in [3.05, 3.63) is 47.8 Å². The van der Waals surface area contributed by atoms with Crippen molar-refractivity contribution in [2.75, 3.05) is 52.0 Å². The van der Waals surface area contributed by atoms with Gasteiger partial charge in [0.25, 0.3) is 0 Å². The van der Waals surface area contributed by atoms with Crippen molar-refractivity contribution in [1.82, 2.24) is 4.90 Å². The molecular formula is C27H36FN3O6. The fraction of sp³-hybridized carbons (Fsp3) is 0.481. The Bertz CT molecular complexity index is 1070. The minimum absolute atomic E-state index is 0.132. The summed E-state index contributed by atoms with van der Waals surface area (Å²) in [4.78, 5) is 28.0. The van der Waals surface area contributed by atoms with Gasteiger partial charge in [0.1, 0.15) is 18.2 Å². The zero-order valence-corrected chi connectivity index (χ0v) is 21.7. The van der Waals surface area contributed by atoms with E-state index in [-0.39, 0.29) is 31.7 Å². The highest BCUT2D eigenvalue weighted by atomic mass is 19.1. The number of primary amides is 1. The van der Waals surface area contributed by atoms with E-state index in [0.29, 0.717) is 48.2 Å². The zero-order chi connectivity index (χ0) is 26.8. The normalized spacial score (nSPS) is 15.6. The molecule has 9 nitrogen and oxygen atoms in total. The molecule has 0 aromatic heterocycles. The second-order valence-corrected chi connectivity index (χ2v) is 8.97. The molecule has 10 heteroatoms. The van der Waals surface area contributed by atoms with Crippen LogP contribution in [0.2, 0.25) is 0 Å². The summed E-state index contributed by atoms with van der Waals surface area (Å²) in [5, 5.41) is 0. The second kappa shape index (κ2) is 13.7. The lowest BCUT2D eigenvalue weighted by atomic mass is 10.0. The lowest BCUT2D eigenvalue weighted by Crippen LogP contribution is -2.54. The van der Waals surface area contributed by atoms with Gasteiger partial charge in [0.15, 0.2) is 11.5 Å². The Kier molecular flexibility index (Phi) is 10.4. The number of halogens is 1. The van der Waals surface area contributed by atoms with Gasteiger partial charge in [-0.05, 0) is 36.8 Å². The number of methoxy groups -OCH3 is 2. The fourth-order valence-electron chi connectivity index (χ4n) is 4.29. The Morgan fingerprint density at radius 2 is 1.81 bits per heavy atom. The van der Waals surface area contributed by atoms with Crippen molar-refractivity contribution in [3.63, 3.8) is 0 Å². The number of rotatable bonds is 14. The Balaban J connectivity index is 1.87. The van der Waals surface area contributed by atoms with E-state index in [4.69, 9.17) is 24.7 Å². The number of benzene rings is 2. The van der Waals surface area contributed by atoms with Gasteiger partial charge in [-0.2, -0.15) is 0 Å². The van der Waals surface area contributed by atoms with Gasteiger partial charge in [-0.1, -0.05) is 19.8 Å². The molecule has 1 fully saturated rings. The van der Waals surface area contributed by atoms with Crippen LogP contribution in [0.3, 0.4) is 0 Å². The Labute approximate surface area is 217 Å². The van der Waals surface area contributed by atoms with E-state index in [0.717, 1.165) is 19.3 Å². The molecule has 1 atom stereocenters. The first-order valence-electron chi connectivity index (χ1n) is 12.4. The first-order chi connectivity index (χ1) is 17.9. The van der Waals surface area contributed by atoms with Gasteiger partial charge in [0.05, 0.1) is 34.0 Å². The summed E-state index contributed by atoms with van der Waals surface area (Å²) in [6.45, 7) is 3.52. The number of nitrogens with two attached hydrogens (primary N) is 1. The van der Waals surface area contributed by atoms with Crippen LogP contribution in [0, 0.1) is 11.7 Å². The molecule has 0 radical (unpaired) electrons.